The SMILES string of the molecule is CC1(n2cncc(Br)c2=O)CC1. The monoisotopic (exact) mass is 228 g/mol. The Bertz CT molecular complexity index is 368. The Kier molecular flexibility index (Phi) is 1.61. The van der Waals surface area contributed by atoms with Gasteiger partial charge < -0.3 is 0 Å². The molecule has 0 unspecified atom stereocenters. The summed E-state index contributed by atoms with van der Waals surface area (Å²) < 4.78 is 2.25. The normalized spacial score (nSPS) is 19.2. The molecule has 1 aliphatic rings. The highest BCUT2D eigenvalue weighted by molar-refractivity contribution is 9.10. The lowest BCUT2D eigenvalue weighted by Gasteiger charge is -2.11. The topological polar surface area (TPSA) is 34.9 Å². The number of rotatable bonds is 1. The van der Waals surface area contributed by atoms with Crippen LogP contribution in [-0.4, -0.2) is 9.55 Å². The Morgan fingerprint density at radius 1 is 1.67 bits per heavy atom. The van der Waals surface area contributed by atoms with Gasteiger partial charge in [-0.15, -0.1) is 0 Å². The molecule has 0 saturated heterocycles. The fourth-order valence-corrected chi connectivity index (χ4v) is 1.50. The zero-order chi connectivity index (χ0) is 8.77. The average Bonchev–Trinajstić information content (AvgIpc) is 2.75. The first kappa shape index (κ1) is 7.98. The molecule has 2 rings (SSSR count). The van der Waals surface area contributed by atoms with E-state index >= 15 is 0 Å². The predicted molar refractivity (Wildman–Crippen MR) is 49.1 cm³/mol. The van der Waals surface area contributed by atoms with E-state index in [0.717, 1.165) is 12.8 Å². The Morgan fingerprint density at radius 3 is 2.92 bits per heavy atom. The fraction of sp³-hybridized carbons (Fsp3) is 0.500. The van der Waals surface area contributed by atoms with Crippen LogP contribution in [0.5, 0.6) is 0 Å². The molecule has 12 heavy (non-hydrogen) atoms. The molecule has 0 amide bonds. The molecule has 1 aromatic rings. The van der Waals surface area contributed by atoms with Crippen molar-refractivity contribution in [1.82, 2.24) is 9.55 Å². The van der Waals surface area contributed by atoms with Gasteiger partial charge in [-0.1, -0.05) is 0 Å². The highest BCUT2D eigenvalue weighted by atomic mass is 79.9. The maximum Gasteiger partial charge on any atom is 0.268 e. The van der Waals surface area contributed by atoms with Crippen molar-refractivity contribution in [2.75, 3.05) is 0 Å². The molecule has 0 aliphatic heterocycles. The van der Waals surface area contributed by atoms with Crippen molar-refractivity contribution in [1.29, 1.82) is 0 Å². The molecule has 0 atom stereocenters. The summed E-state index contributed by atoms with van der Waals surface area (Å²) in [6, 6.07) is 0. The highest BCUT2D eigenvalue weighted by Gasteiger charge is 2.40. The fourth-order valence-electron chi connectivity index (χ4n) is 1.19. The molecule has 1 saturated carbocycles. The van der Waals surface area contributed by atoms with E-state index in [4.69, 9.17) is 0 Å². The van der Waals surface area contributed by atoms with Crippen LogP contribution in [0.25, 0.3) is 0 Å². The third kappa shape index (κ3) is 1.10. The molecule has 64 valence electrons. The molecule has 0 radical (unpaired) electrons. The van der Waals surface area contributed by atoms with E-state index in [0.29, 0.717) is 4.47 Å². The molecular formula is C8H9BrN2O. The minimum Gasteiger partial charge on any atom is -0.292 e. The summed E-state index contributed by atoms with van der Waals surface area (Å²) in [6.45, 7) is 2.07. The summed E-state index contributed by atoms with van der Waals surface area (Å²) in [4.78, 5) is 15.5. The maximum absolute atomic E-state index is 11.5. The van der Waals surface area contributed by atoms with Crippen LogP contribution in [0.4, 0.5) is 0 Å². The van der Waals surface area contributed by atoms with Crippen LogP contribution in [0.2, 0.25) is 0 Å². The molecule has 1 aromatic heterocycles. The third-order valence-electron chi connectivity index (χ3n) is 2.35. The average molecular weight is 229 g/mol. The number of halogens is 1. The standard InChI is InChI=1S/C8H9BrN2O/c1-8(2-3-8)11-5-10-4-6(9)7(11)12/h4-5H,2-3H2,1H3. The first-order chi connectivity index (χ1) is 5.63. The van der Waals surface area contributed by atoms with Gasteiger partial charge in [0.05, 0.1) is 6.33 Å². The molecule has 4 heteroatoms. The molecule has 0 bridgehead atoms. The maximum atomic E-state index is 11.5. The van der Waals surface area contributed by atoms with Crippen molar-refractivity contribution >= 4 is 15.9 Å². The number of aromatic nitrogens is 2. The second-order valence-electron chi connectivity index (χ2n) is 3.41. The van der Waals surface area contributed by atoms with Crippen LogP contribution >= 0.6 is 15.9 Å². The Hall–Kier alpha value is -0.640. The van der Waals surface area contributed by atoms with Crippen molar-refractivity contribution in [3.8, 4) is 0 Å². The van der Waals surface area contributed by atoms with E-state index in [1.807, 2.05) is 0 Å². The highest BCUT2D eigenvalue weighted by Crippen LogP contribution is 2.41. The predicted octanol–water partition coefficient (Wildman–Crippen LogP) is 1.51. The van der Waals surface area contributed by atoms with Crippen LogP contribution in [0.15, 0.2) is 21.8 Å². The second-order valence-corrected chi connectivity index (χ2v) is 4.27. The van der Waals surface area contributed by atoms with Gasteiger partial charge >= 0.3 is 0 Å². The minimum absolute atomic E-state index is 0.0185. The van der Waals surface area contributed by atoms with Gasteiger partial charge in [-0.3, -0.25) is 9.36 Å². The van der Waals surface area contributed by atoms with E-state index in [9.17, 15) is 4.79 Å². The van der Waals surface area contributed by atoms with Gasteiger partial charge in [0.1, 0.15) is 4.47 Å². The van der Waals surface area contributed by atoms with E-state index in [-0.39, 0.29) is 11.1 Å². The van der Waals surface area contributed by atoms with Crippen molar-refractivity contribution in [3.63, 3.8) is 0 Å². The van der Waals surface area contributed by atoms with E-state index < -0.39 is 0 Å². The molecule has 1 fully saturated rings. The first-order valence-corrected chi connectivity index (χ1v) is 4.65. The van der Waals surface area contributed by atoms with Crippen LogP contribution in [0.1, 0.15) is 19.8 Å². The molecule has 0 aromatic carbocycles. The van der Waals surface area contributed by atoms with Gasteiger partial charge in [0.15, 0.2) is 0 Å². The lowest BCUT2D eigenvalue weighted by atomic mass is 10.3. The van der Waals surface area contributed by atoms with Gasteiger partial charge in [-0.05, 0) is 35.7 Å². The summed E-state index contributed by atoms with van der Waals surface area (Å²) in [5.41, 5.74) is 0.0541. The molecule has 1 heterocycles. The Morgan fingerprint density at radius 2 is 2.33 bits per heavy atom. The van der Waals surface area contributed by atoms with E-state index in [1.54, 1.807) is 10.9 Å². The summed E-state index contributed by atoms with van der Waals surface area (Å²) in [6.07, 6.45) is 5.29. The van der Waals surface area contributed by atoms with Crippen molar-refractivity contribution < 1.29 is 0 Å². The van der Waals surface area contributed by atoms with Crippen LogP contribution in [0.3, 0.4) is 0 Å². The zero-order valence-electron chi connectivity index (χ0n) is 6.75. The Balaban J connectivity index is 2.59. The smallest absolute Gasteiger partial charge is 0.268 e. The van der Waals surface area contributed by atoms with E-state index in [2.05, 4.69) is 27.8 Å². The molecule has 0 N–H and O–H groups in total. The van der Waals surface area contributed by atoms with Crippen molar-refractivity contribution in [2.45, 2.75) is 25.3 Å². The third-order valence-corrected chi connectivity index (χ3v) is 2.89. The second kappa shape index (κ2) is 2.42. The first-order valence-electron chi connectivity index (χ1n) is 3.86. The van der Waals surface area contributed by atoms with Crippen LogP contribution in [0, 0.1) is 0 Å². The van der Waals surface area contributed by atoms with Gasteiger partial charge in [-0.2, -0.15) is 0 Å². The largest absolute Gasteiger partial charge is 0.292 e. The molecule has 3 nitrogen and oxygen atoms in total. The molecule has 0 spiro atoms. The lowest BCUT2D eigenvalue weighted by molar-refractivity contribution is 0.502. The number of hydrogen-bond donors (Lipinski definition) is 0. The summed E-state index contributed by atoms with van der Waals surface area (Å²) in [7, 11) is 0. The number of hydrogen-bond acceptors (Lipinski definition) is 2. The van der Waals surface area contributed by atoms with Gasteiger partial charge in [0.2, 0.25) is 0 Å². The summed E-state index contributed by atoms with van der Waals surface area (Å²) in [5.74, 6) is 0. The van der Waals surface area contributed by atoms with Crippen molar-refractivity contribution in [2.24, 2.45) is 0 Å². The van der Waals surface area contributed by atoms with Gasteiger partial charge in [-0.25, -0.2) is 4.98 Å². The quantitative estimate of drug-likeness (QED) is 0.731. The minimum atomic E-state index is 0.0185. The van der Waals surface area contributed by atoms with Crippen LogP contribution in [-0.2, 0) is 5.54 Å². The van der Waals surface area contributed by atoms with Crippen molar-refractivity contribution in [3.05, 3.63) is 27.4 Å². The zero-order valence-corrected chi connectivity index (χ0v) is 8.34. The summed E-state index contributed by atoms with van der Waals surface area (Å²) >= 11 is 3.17. The number of nitrogens with zero attached hydrogens (tertiary/aromatic N) is 2. The van der Waals surface area contributed by atoms with Gasteiger partial charge in [0.25, 0.3) is 5.56 Å². The summed E-state index contributed by atoms with van der Waals surface area (Å²) in [5, 5.41) is 0. The molecule has 1 aliphatic carbocycles. The van der Waals surface area contributed by atoms with E-state index in [1.165, 1.54) is 6.20 Å². The molecular weight excluding hydrogens is 220 g/mol. The lowest BCUT2D eigenvalue weighted by Crippen LogP contribution is -2.28. The van der Waals surface area contributed by atoms with Crippen LogP contribution < -0.4 is 5.56 Å². The Labute approximate surface area is 78.6 Å². The van der Waals surface area contributed by atoms with Gasteiger partial charge in [0, 0.05) is 11.7 Å².